The smallest absolute Gasteiger partial charge is 0.107 e. The quantitative estimate of drug-likeness (QED) is 0.548. The highest BCUT2D eigenvalue weighted by atomic mass is 15.2. The van der Waals surface area contributed by atoms with E-state index < -0.39 is 0 Å². The highest BCUT2D eigenvalue weighted by molar-refractivity contribution is 6.22. The van der Waals surface area contributed by atoms with Crippen LogP contribution in [-0.2, 0) is 0 Å². The van der Waals surface area contributed by atoms with Crippen molar-refractivity contribution in [2.75, 3.05) is 18.4 Å². The fourth-order valence-corrected chi connectivity index (χ4v) is 3.53. The van der Waals surface area contributed by atoms with Gasteiger partial charge in [-0.15, -0.1) is 0 Å². The topological polar surface area (TPSA) is 116 Å². The van der Waals surface area contributed by atoms with Crippen molar-refractivity contribution in [3.63, 3.8) is 0 Å². The summed E-state index contributed by atoms with van der Waals surface area (Å²) in [6, 6.07) is 10.2. The van der Waals surface area contributed by atoms with Crippen LogP contribution in [0.15, 0.2) is 54.0 Å². The Morgan fingerprint density at radius 1 is 1.47 bits per heavy atom. The van der Waals surface area contributed by atoms with Crippen molar-refractivity contribution in [3.8, 4) is 6.07 Å². The van der Waals surface area contributed by atoms with Crippen molar-refractivity contribution in [1.82, 2.24) is 19.9 Å². The van der Waals surface area contributed by atoms with Crippen LogP contribution in [0.4, 0.5) is 5.69 Å². The predicted octanol–water partition coefficient (Wildman–Crippen LogP) is 2.51. The van der Waals surface area contributed by atoms with E-state index in [1.165, 1.54) is 0 Å². The highest BCUT2D eigenvalue weighted by Gasteiger charge is 2.19. The zero-order valence-electron chi connectivity index (χ0n) is 17.0. The van der Waals surface area contributed by atoms with Crippen molar-refractivity contribution in [2.24, 2.45) is 10.7 Å². The number of aromatic nitrogens is 3. The van der Waals surface area contributed by atoms with Gasteiger partial charge in [0.05, 0.1) is 35.2 Å². The van der Waals surface area contributed by atoms with Gasteiger partial charge < -0.3 is 16.4 Å². The van der Waals surface area contributed by atoms with E-state index in [9.17, 15) is 5.26 Å². The molecule has 1 atom stereocenters. The van der Waals surface area contributed by atoms with Gasteiger partial charge in [0.2, 0.25) is 0 Å². The Labute approximate surface area is 175 Å². The summed E-state index contributed by atoms with van der Waals surface area (Å²) in [5.41, 5.74) is 11.5. The lowest BCUT2D eigenvalue weighted by Crippen LogP contribution is -2.45. The molecule has 1 fully saturated rings. The minimum Gasteiger partial charge on any atom is -0.404 e. The van der Waals surface area contributed by atoms with Crippen molar-refractivity contribution < 1.29 is 0 Å². The molecule has 0 aliphatic carbocycles. The Bertz CT molecular complexity index is 1150. The van der Waals surface area contributed by atoms with Gasteiger partial charge in [-0.1, -0.05) is 6.07 Å². The molecule has 1 unspecified atom stereocenters. The van der Waals surface area contributed by atoms with Gasteiger partial charge in [-0.3, -0.25) is 9.98 Å². The van der Waals surface area contributed by atoms with E-state index in [0.717, 1.165) is 46.8 Å². The Morgan fingerprint density at radius 2 is 2.30 bits per heavy atom. The van der Waals surface area contributed by atoms with E-state index in [0.29, 0.717) is 5.56 Å². The van der Waals surface area contributed by atoms with Gasteiger partial charge in [-0.25, -0.2) is 4.52 Å². The number of aliphatic imine (C=N–C) groups is 1. The molecule has 3 aromatic heterocycles. The number of hydrogen-bond donors (Lipinski definition) is 3. The van der Waals surface area contributed by atoms with Crippen molar-refractivity contribution in [2.45, 2.75) is 25.9 Å². The number of nitriles is 1. The van der Waals surface area contributed by atoms with Gasteiger partial charge in [0.25, 0.3) is 0 Å². The predicted molar refractivity (Wildman–Crippen MR) is 118 cm³/mol. The molecule has 0 spiro atoms. The van der Waals surface area contributed by atoms with Crippen molar-refractivity contribution in [3.05, 3.63) is 65.9 Å². The third-order valence-corrected chi connectivity index (χ3v) is 5.24. The van der Waals surface area contributed by atoms with Gasteiger partial charge >= 0.3 is 0 Å². The largest absolute Gasteiger partial charge is 0.404 e. The molecular formula is C22H24N8. The fourth-order valence-electron chi connectivity index (χ4n) is 3.53. The van der Waals surface area contributed by atoms with E-state index in [1.807, 2.05) is 44.3 Å². The molecular weight excluding hydrogens is 376 g/mol. The van der Waals surface area contributed by atoms with Crippen LogP contribution < -0.4 is 16.4 Å². The molecule has 152 valence electrons. The maximum absolute atomic E-state index is 9.55. The molecule has 1 saturated heterocycles. The molecule has 4 rings (SSSR count). The number of anilines is 1. The summed E-state index contributed by atoms with van der Waals surface area (Å²) in [5, 5.41) is 20.6. The molecule has 4 heterocycles. The van der Waals surface area contributed by atoms with E-state index in [4.69, 9.17) is 10.7 Å². The van der Waals surface area contributed by atoms with Crippen LogP contribution in [0.25, 0.3) is 11.1 Å². The summed E-state index contributed by atoms with van der Waals surface area (Å²) in [6.45, 7) is 5.76. The second-order valence-corrected chi connectivity index (χ2v) is 7.33. The number of fused-ring (bicyclic) bond motifs is 1. The van der Waals surface area contributed by atoms with Gasteiger partial charge in [0, 0.05) is 48.5 Å². The minimum atomic E-state index is -0.0622. The summed E-state index contributed by atoms with van der Waals surface area (Å²) in [6.07, 6.45) is 6.79. The molecule has 0 radical (unpaired) electrons. The third kappa shape index (κ3) is 3.75. The normalized spacial score (nSPS) is 16.2. The van der Waals surface area contributed by atoms with E-state index in [-0.39, 0.29) is 12.1 Å². The van der Waals surface area contributed by atoms with Crippen LogP contribution in [-0.4, -0.2) is 39.4 Å². The summed E-state index contributed by atoms with van der Waals surface area (Å²) >= 11 is 0. The molecule has 30 heavy (non-hydrogen) atoms. The molecule has 3 aromatic rings. The van der Waals surface area contributed by atoms with Crippen LogP contribution in [0.2, 0.25) is 0 Å². The number of hydrogen-bond acceptors (Lipinski definition) is 7. The highest BCUT2D eigenvalue weighted by Crippen LogP contribution is 2.29. The van der Waals surface area contributed by atoms with Gasteiger partial charge in [-0.2, -0.15) is 10.4 Å². The molecule has 0 aromatic carbocycles. The monoisotopic (exact) mass is 400 g/mol. The molecule has 8 heteroatoms. The summed E-state index contributed by atoms with van der Waals surface area (Å²) < 4.78 is 1.71. The zero-order chi connectivity index (χ0) is 21.1. The van der Waals surface area contributed by atoms with Gasteiger partial charge in [0.15, 0.2) is 0 Å². The average Bonchev–Trinajstić information content (AvgIpc) is 3.15. The number of nitrogens with zero attached hydrogens (tertiary/aromatic N) is 5. The maximum atomic E-state index is 9.55. The Kier molecular flexibility index (Phi) is 5.46. The molecule has 8 nitrogen and oxygen atoms in total. The molecule has 0 amide bonds. The van der Waals surface area contributed by atoms with Crippen LogP contribution in [0.5, 0.6) is 0 Å². The van der Waals surface area contributed by atoms with Crippen LogP contribution >= 0.6 is 0 Å². The molecule has 0 saturated carbocycles. The molecule has 1 aliphatic rings. The standard InChI is InChI=1S/C22H24N8/c1-14(28-18-11-25-12-18)19(9-24)16-7-21(22-17(8-23)10-27-30(22)13-16)29-15(2)20-5-3-4-6-26-20/h3-7,9-10,13,15,18,25,29H,11-12,24H2,1-2H3/b19-9+,28-14?. The second kappa shape index (κ2) is 8.35. The number of pyridine rings is 2. The van der Waals surface area contributed by atoms with E-state index >= 15 is 0 Å². The van der Waals surface area contributed by atoms with Crippen LogP contribution in [0, 0.1) is 11.3 Å². The third-order valence-electron chi connectivity index (χ3n) is 5.24. The lowest BCUT2D eigenvalue weighted by Gasteiger charge is -2.24. The summed E-state index contributed by atoms with van der Waals surface area (Å²) in [5.74, 6) is 0. The van der Waals surface area contributed by atoms with Crippen molar-refractivity contribution in [1.29, 1.82) is 5.26 Å². The fraction of sp³-hybridized carbons (Fsp3) is 0.273. The lowest BCUT2D eigenvalue weighted by molar-refractivity contribution is 0.448. The summed E-state index contributed by atoms with van der Waals surface area (Å²) in [4.78, 5) is 9.19. The first-order valence-corrected chi connectivity index (χ1v) is 9.87. The number of allylic oxidation sites excluding steroid dienone is 1. The van der Waals surface area contributed by atoms with E-state index in [2.05, 4.69) is 26.8 Å². The first kappa shape index (κ1) is 19.6. The minimum absolute atomic E-state index is 0.0622. The first-order valence-electron chi connectivity index (χ1n) is 9.87. The molecule has 4 N–H and O–H groups in total. The summed E-state index contributed by atoms with van der Waals surface area (Å²) in [7, 11) is 0. The molecule has 1 aliphatic heterocycles. The number of nitrogens with two attached hydrogens (primary N) is 1. The van der Waals surface area contributed by atoms with E-state index in [1.54, 1.807) is 23.1 Å². The van der Waals surface area contributed by atoms with Crippen LogP contribution in [0.1, 0.15) is 36.7 Å². The Morgan fingerprint density at radius 3 is 2.93 bits per heavy atom. The zero-order valence-corrected chi connectivity index (χ0v) is 17.0. The van der Waals surface area contributed by atoms with Crippen LogP contribution in [0.3, 0.4) is 0 Å². The number of nitrogens with one attached hydrogen (secondary N) is 2. The lowest BCUT2D eigenvalue weighted by atomic mass is 10.0. The van der Waals surface area contributed by atoms with Crippen molar-refractivity contribution >= 4 is 22.5 Å². The first-order chi connectivity index (χ1) is 14.6. The van der Waals surface area contributed by atoms with Gasteiger partial charge in [-0.05, 0) is 32.0 Å². The molecule has 0 bridgehead atoms. The SMILES string of the molecule is CC(=NC1CNC1)/C(=C\N)c1cc(NC(C)c2ccccn2)c2c(C#N)cnn2c1. The Hall–Kier alpha value is -3.70. The maximum Gasteiger partial charge on any atom is 0.107 e. The Balaban J connectivity index is 1.77. The van der Waals surface area contributed by atoms with Gasteiger partial charge in [0.1, 0.15) is 11.6 Å². The number of rotatable bonds is 6. The second-order valence-electron chi connectivity index (χ2n) is 7.33. The average molecular weight is 400 g/mol.